The Morgan fingerprint density at radius 1 is 1.09 bits per heavy atom. The van der Waals surface area contributed by atoms with Crippen LogP contribution in [0.15, 0.2) is 18.2 Å². The summed E-state index contributed by atoms with van der Waals surface area (Å²) >= 11 is 0. The molecule has 2 saturated heterocycles. The van der Waals surface area contributed by atoms with Gasteiger partial charge in [0.25, 0.3) is 0 Å². The molecule has 3 aliphatic heterocycles. The van der Waals surface area contributed by atoms with Crippen LogP contribution in [0.3, 0.4) is 0 Å². The van der Waals surface area contributed by atoms with Gasteiger partial charge in [0.05, 0.1) is 38.0 Å². The fourth-order valence-electron chi connectivity index (χ4n) is 4.65. The first kappa shape index (κ1) is 23.5. The second-order valence-electron chi connectivity index (χ2n) is 9.01. The molecular weight excluding hydrogens is 428 g/mol. The molecule has 3 heterocycles. The van der Waals surface area contributed by atoms with Gasteiger partial charge >= 0.3 is 5.97 Å². The quantitative estimate of drug-likeness (QED) is 0.536. The maximum Gasteiger partial charge on any atom is 0.303 e. The summed E-state index contributed by atoms with van der Waals surface area (Å²) in [6.45, 7) is 9.63. The Morgan fingerprint density at radius 2 is 1.73 bits per heavy atom. The number of hydrogen-bond acceptors (Lipinski definition) is 8. The average Bonchev–Trinajstić information content (AvgIpc) is 2.80. The molecule has 3 aliphatic rings. The minimum absolute atomic E-state index is 0.0164. The third-order valence-electron chi connectivity index (χ3n) is 6.31. The molecule has 2 atom stereocenters. The molecule has 0 bridgehead atoms. The van der Waals surface area contributed by atoms with Crippen LogP contribution in [0.5, 0.6) is 11.5 Å². The van der Waals surface area contributed by atoms with Gasteiger partial charge < -0.3 is 29.0 Å². The lowest BCUT2D eigenvalue weighted by molar-refractivity contribution is -0.172. The van der Waals surface area contributed by atoms with Crippen molar-refractivity contribution < 1.29 is 33.6 Å². The number of hydrogen-bond donors (Lipinski definition) is 1. The van der Waals surface area contributed by atoms with Gasteiger partial charge in [-0.15, -0.1) is 0 Å². The van der Waals surface area contributed by atoms with Gasteiger partial charge in [-0.05, 0) is 32.1 Å². The summed E-state index contributed by atoms with van der Waals surface area (Å²) in [5.74, 6) is 0.0112. The molecule has 9 nitrogen and oxygen atoms in total. The summed E-state index contributed by atoms with van der Waals surface area (Å²) in [5.41, 5.74) is 0.250. The van der Waals surface area contributed by atoms with Gasteiger partial charge in [0.15, 0.2) is 6.10 Å². The zero-order chi connectivity index (χ0) is 23.6. The minimum atomic E-state index is -0.808. The van der Waals surface area contributed by atoms with E-state index < -0.39 is 23.7 Å². The zero-order valence-corrected chi connectivity index (χ0v) is 19.4. The molecule has 0 spiro atoms. The molecule has 9 heteroatoms. The molecule has 1 aromatic rings. The minimum Gasteiger partial charge on any atom is -0.507 e. The Hall–Kier alpha value is -2.62. The summed E-state index contributed by atoms with van der Waals surface area (Å²) in [6.07, 6.45) is 2.44. The number of phenols is 1. The first-order valence-electron chi connectivity index (χ1n) is 11.4. The van der Waals surface area contributed by atoms with Crippen molar-refractivity contribution in [2.45, 2.75) is 38.5 Å². The number of ether oxygens (including phenoxy) is 4. The largest absolute Gasteiger partial charge is 0.507 e. The van der Waals surface area contributed by atoms with Gasteiger partial charge in [-0.3, -0.25) is 14.5 Å². The van der Waals surface area contributed by atoms with Crippen molar-refractivity contribution in [3.8, 4) is 11.5 Å². The van der Waals surface area contributed by atoms with Crippen LogP contribution in [-0.4, -0.2) is 91.1 Å². The van der Waals surface area contributed by atoms with E-state index in [1.165, 1.54) is 13.0 Å². The van der Waals surface area contributed by atoms with Crippen molar-refractivity contribution in [1.29, 1.82) is 0 Å². The van der Waals surface area contributed by atoms with Crippen LogP contribution >= 0.6 is 0 Å². The van der Waals surface area contributed by atoms with Crippen LogP contribution in [0.2, 0.25) is 0 Å². The predicted octanol–water partition coefficient (Wildman–Crippen LogP) is 1.74. The van der Waals surface area contributed by atoms with Crippen LogP contribution in [0, 0.1) is 0 Å². The van der Waals surface area contributed by atoms with Crippen molar-refractivity contribution >= 4 is 18.0 Å². The summed E-state index contributed by atoms with van der Waals surface area (Å²) in [7, 11) is 0. The normalized spacial score (nSPS) is 25.4. The third kappa shape index (κ3) is 5.00. The summed E-state index contributed by atoms with van der Waals surface area (Å²) in [5, 5.41) is 11.3. The fourth-order valence-corrected chi connectivity index (χ4v) is 4.65. The van der Waals surface area contributed by atoms with Crippen molar-refractivity contribution in [2.75, 3.05) is 52.6 Å². The van der Waals surface area contributed by atoms with Gasteiger partial charge in [-0.25, -0.2) is 0 Å². The van der Waals surface area contributed by atoms with E-state index in [9.17, 15) is 14.7 Å². The first-order chi connectivity index (χ1) is 15.8. The molecule has 180 valence electrons. The molecular formula is C24H32N2O7. The number of fused-ring (bicyclic) bond motifs is 1. The summed E-state index contributed by atoms with van der Waals surface area (Å²) in [6, 6.07) is 3.11. The highest BCUT2D eigenvalue weighted by Gasteiger charge is 2.50. The molecule has 1 aromatic carbocycles. The molecule has 33 heavy (non-hydrogen) atoms. The van der Waals surface area contributed by atoms with Gasteiger partial charge in [0.1, 0.15) is 17.1 Å². The Labute approximate surface area is 193 Å². The molecule has 0 aromatic heterocycles. The van der Waals surface area contributed by atoms with E-state index in [0.717, 1.165) is 0 Å². The topological polar surface area (TPSA) is 97.8 Å². The van der Waals surface area contributed by atoms with Gasteiger partial charge in [0, 0.05) is 44.7 Å². The lowest BCUT2D eigenvalue weighted by atomic mass is 9.83. The number of carbonyl (C=O) groups excluding carboxylic acids is 2. The lowest BCUT2D eigenvalue weighted by Gasteiger charge is -2.48. The van der Waals surface area contributed by atoms with Crippen molar-refractivity contribution in [1.82, 2.24) is 9.80 Å². The molecule has 0 radical (unpaired) electrons. The van der Waals surface area contributed by atoms with Crippen LogP contribution < -0.4 is 4.74 Å². The summed E-state index contributed by atoms with van der Waals surface area (Å²) in [4.78, 5) is 28.4. The summed E-state index contributed by atoms with van der Waals surface area (Å²) < 4.78 is 22.8. The SMILES string of the molecule is CC(=O)O[C@H]1[C@H](N2CCOCC2)c2c(ccc(/C=C/C(=O)N3CCOCC3)c2O)OC1(C)C. The van der Waals surface area contributed by atoms with Gasteiger partial charge in [-0.2, -0.15) is 0 Å². The number of rotatable bonds is 4. The molecule has 0 unspecified atom stereocenters. The monoisotopic (exact) mass is 460 g/mol. The molecule has 1 N–H and O–H groups in total. The molecule has 2 fully saturated rings. The van der Waals surface area contributed by atoms with E-state index >= 15 is 0 Å². The van der Waals surface area contributed by atoms with Crippen molar-refractivity contribution in [3.05, 3.63) is 29.3 Å². The fraction of sp³-hybridized carbons (Fsp3) is 0.583. The predicted molar refractivity (Wildman–Crippen MR) is 120 cm³/mol. The van der Waals surface area contributed by atoms with Crippen LogP contribution in [0.4, 0.5) is 0 Å². The number of amides is 1. The standard InChI is InChI=1S/C24H32N2O7/c1-16(27)32-23-21(26-10-14-31-15-11-26)20-18(33-24(23,2)3)6-4-17(22(20)29)5-7-19(28)25-8-12-30-13-9-25/h4-7,21,23,29H,8-15H2,1-3H3/b7-5+/t21-,23+/m1/s1. The third-order valence-corrected chi connectivity index (χ3v) is 6.31. The first-order valence-corrected chi connectivity index (χ1v) is 11.4. The van der Waals surface area contributed by atoms with E-state index in [-0.39, 0.29) is 11.7 Å². The van der Waals surface area contributed by atoms with Crippen molar-refractivity contribution in [3.63, 3.8) is 0 Å². The molecule has 1 amide bonds. The van der Waals surface area contributed by atoms with Crippen LogP contribution in [-0.2, 0) is 23.8 Å². The Kier molecular flexibility index (Phi) is 6.92. The average molecular weight is 461 g/mol. The number of morpholine rings is 2. The number of esters is 1. The Bertz CT molecular complexity index is 918. The second-order valence-corrected chi connectivity index (χ2v) is 9.01. The van der Waals surface area contributed by atoms with Crippen LogP contribution in [0.1, 0.15) is 37.9 Å². The van der Waals surface area contributed by atoms with E-state index in [0.29, 0.717) is 69.5 Å². The van der Waals surface area contributed by atoms with E-state index in [1.54, 1.807) is 23.1 Å². The maximum absolute atomic E-state index is 12.5. The number of carbonyl (C=O) groups is 2. The molecule has 0 aliphatic carbocycles. The number of phenolic OH excluding ortho intramolecular Hbond substituents is 1. The second kappa shape index (κ2) is 9.70. The Balaban J connectivity index is 1.70. The number of nitrogens with zero attached hydrogens (tertiary/aromatic N) is 2. The molecule has 0 saturated carbocycles. The zero-order valence-electron chi connectivity index (χ0n) is 19.4. The highest BCUT2D eigenvalue weighted by molar-refractivity contribution is 5.92. The van der Waals surface area contributed by atoms with E-state index in [2.05, 4.69) is 4.90 Å². The lowest BCUT2D eigenvalue weighted by Crippen LogP contribution is -2.57. The van der Waals surface area contributed by atoms with Crippen molar-refractivity contribution in [2.24, 2.45) is 0 Å². The number of benzene rings is 1. The van der Waals surface area contributed by atoms with Gasteiger partial charge in [-0.1, -0.05) is 0 Å². The van der Waals surface area contributed by atoms with E-state index in [4.69, 9.17) is 18.9 Å². The molecule has 4 rings (SSSR count). The highest BCUT2D eigenvalue weighted by atomic mass is 16.6. The maximum atomic E-state index is 12.5. The van der Waals surface area contributed by atoms with E-state index in [1.807, 2.05) is 13.8 Å². The smallest absolute Gasteiger partial charge is 0.303 e. The Morgan fingerprint density at radius 3 is 2.36 bits per heavy atom. The van der Waals surface area contributed by atoms with Crippen LogP contribution in [0.25, 0.3) is 6.08 Å². The van der Waals surface area contributed by atoms with Gasteiger partial charge in [0.2, 0.25) is 5.91 Å². The highest BCUT2D eigenvalue weighted by Crippen LogP contribution is 2.49. The number of aromatic hydroxyl groups is 1.